The number of pyridine rings is 1. The highest BCUT2D eigenvalue weighted by atomic mass is 79.9. The molecule has 2 aliphatic rings. The van der Waals surface area contributed by atoms with Crippen molar-refractivity contribution < 1.29 is 20.1 Å². The van der Waals surface area contributed by atoms with Crippen LogP contribution in [0.2, 0.25) is 0 Å². The van der Waals surface area contributed by atoms with E-state index in [0.29, 0.717) is 0 Å². The Hall–Kier alpha value is -1.18. The van der Waals surface area contributed by atoms with Gasteiger partial charge in [0.15, 0.2) is 0 Å². The number of thiophene rings is 1. The lowest BCUT2D eigenvalue weighted by Gasteiger charge is -2.45. The number of thioether (sulfide) groups is 1. The van der Waals surface area contributed by atoms with E-state index < -0.39 is 29.8 Å². The number of nitrogens with zero attached hydrogens (tertiary/aromatic N) is 2. The first-order chi connectivity index (χ1) is 13.6. The number of ether oxygens (including phenoxy) is 1. The number of aliphatic hydroxyl groups is 3. The molecule has 0 amide bonds. The molecule has 11 heteroatoms. The van der Waals surface area contributed by atoms with Gasteiger partial charge in [-0.2, -0.15) is 0 Å². The number of hydrogen-bond acceptors (Lipinski definition) is 10. The molecule has 1 saturated heterocycles. The van der Waals surface area contributed by atoms with Crippen LogP contribution in [0.1, 0.15) is 4.88 Å². The first kappa shape index (κ1) is 20.1. The Bertz CT molecular complexity index is 840. The van der Waals surface area contributed by atoms with Gasteiger partial charge in [-0.15, -0.1) is 16.9 Å². The second-order valence-electron chi connectivity index (χ2n) is 6.32. The summed E-state index contributed by atoms with van der Waals surface area (Å²) in [5.41, 5.74) is 6.17. The second kappa shape index (κ2) is 8.67. The summed E-state index contributed by atoms with van der Waals surface area (Å²) in [6, 6.07) is 5.06. The normalized spacial score (nSPS) is 30.2. The zero-order chi connectivity index (χ0) is 19.7. The first-order valence-corrected chi connectivity index (χ1v) is 11.1. The molecule has 0 bridgehead atoms. The summed E-state index contributed by atoms with van der Waals surface area (Å²) in [5, 5.41) is 34.9. The minimum atomic E-state index is -1.09. The molecule has 0 aromatic carbocycles. The Labute approximate surface area is 178 Å². The van der Waals surface area contributed by atoms with Crippen molar-refractivity contribution in [3.05, 3.63) is 51.5 Å². The van der Waals surface area contributed by atoms with Crippen molar-refractivity contribution in [3.8, 4) is 0 Å². The van der Waals surface area contributed by atoms with E-state index in [9.17, 15) is 15.3 Å². The van der Waals surface area contributed by atoms with E-state index in [-0.39, 0.29) is 6.61 Å². The van der Waals surface area contributed by atoms with Crippen molar-refractivity contribution in [2.45, 2.75) is 34.7 Å². The summed E-state index contributed by atoms with van der Waals surface area (Å²) in [6.07, 6.45) is 2.18. The standard InChI is InChI=1S/C17H19BrN4O4S2/c18-9-4-10(6-19-5-9)28-17-16(25)14(15(24)12(8-23)26-17)22-7-11(20-21-22)13-2-1-3-27-13/h1-7,12,14-17,20-21,23-25H,8H2/t12?,14?,15-,16?,17+/m0/s1. The van der Waals surface area contributed by atoms with Crippen molar-refractivity contribution in [2.24, 2.45) is 0 Å². The van der Waals surface area contributed by atoms with Gasteiger partial charge in [0.2, 0.25) is 0 Å². The average Bonchev–Trinajstić information content (AvgIpc) is 3.36. The van der Waals surface area contributed by atoms with Crippen molar-refractivity contribution in [1.29, 1.82) is 0 Å². The van der Waals surface area contributed by atoms with Gasteiger partial charge in [-0.25, -0.2) is 0 Å². The quantitative estimate of drug-likeness (QED) is 0.424. The van der Waals surface area contributed by atoms with Crippen molar-refractivity contribution >= 4 is 44.7 Å². The summed E-state index contributed by atoms with van der Waals surface area (Å²) in [5.74, 6) is 0. The highest BCUT2D eigenvalue weighted by Gasteiger charge is 2.48. The molecule has 0 saturated carbocycles. The molecule has 8 nitrogen and oxygen atoms in total. The molecule has 2 aliphatic heterocycles. The maximum Gasteiger partial charge on any atom is 0.136 e. The molecule has 3 unspecified atom stereocenters. The van der Waals surface area contributed by atoms with Crippen molar-refractivity contribution in [3.63, 3.8) is 0 Å². The first-order valence-electron chi connectivity index (χ1n) is 8.52. The Balaban J connectivity index is 1.56. The fourth-order valence-corrected chi connectivity index (χ4v) is 5.42. The topological polar surface area (TPSA) is 110 Å². The van der Waals surface area contributed by atoms with Crippen molar-refractivity contribution in [2.75, 3.05) is 6.61 Å². The molecule has 0 spiro atoms. The van der Waals surface area contributed by atoms with Gasteiger partial charge >= 0.3 is 0 Å². The molecule has 150 valence electrons. The number of halogens is 1. The minimum Gasteiger partial charge on any atom is -0.394 e. The zero-order valence-electron chi connectivity index (χ0n) is 14.5. The lowest BCUT2D eigenvalue weighted by molar-refractivity contribution is -0.189. The number of aromatic nitrogens is 1. The highest BCUT2D eigenvalue weighted by molar-refractivity contribution is 9.10. The number of aliphatic hydroxyl groups excluding tert-OH is 3. The predicted molar refractivity (Wildman–Crippen MR) is 110 cm³/mol. The van der Waals surface area contributed by atoms with Crippen LogP contribution < -0.4 is 11.0 Å². The van der Waals surface area contributed by atoms with Gasteiger partial charge < -0.3 is 25.5 Å². The molecule has 28 heavy (non-hydrogen) atoms. The third-order valence-corrected chi connectivity index (χ3v) is 6.93. The van der Waals surface area contributed by atoms with E-state index in [0.717, 1.165) is 19.9 Å². The molecule has 1 fully saturated rings. The Morgan fingerprint density at radius 2 is 2.18 bits per heavy atom. The molecular formula is C17H19BrN4O4S2. The van der Waals surface area contributed by atoms with Crippen LogP contribution in [-0.4, -0.2) is 61.7 Å². The van der Waals surface area contributed by atoms with Crippen LogP contribution in [-0.2, 0) is 4.74 Å². The number of nitrogens with one attached hydrogen (secondary N) is 2. The van der Waals surface area contributed by atoms with Crippen LogP contribution in [0.15, 0.2) is 51.5 Å². The summed E-state index contributed by atoms with van der Waals surface area (Å²) >= 11 is 6.24. The highest BCUT2D eigenvalue weighted by Crippen LogP contribution is 2.36. The molecule has 5 N–H and O–H groups in total. The molecule has 2 aromatic rings. The van der Waals surface area contributed by atoms with Gasteiger partial charge in [-0.1, -0.05) is 17.8 Å². The average molecular weight is 487 g/mol. The number of hydrazine groups is 2. The monoisotopic (exact) mass is 486 g/mol. The smallest absolute Gasteiger partial charge is 0.136 e. The second-order valence-corrected chi connectivity index (χ2v) is 9.35. The maximum absolute atomic E-state index is 11.0. The largest absolute Gasteiger partial charge is 0.394 e. The zero-order valence-corrected chi connectivity index (χ0v) is 17.7. The summed E-state index contributed by atoms with van der Waals surface area (Å²) in [6.45, 7) is -0.360. The maximum atomic E-state index is 11.0. The minimum absolute atomic E-state index is 0.360. The van der Waals surface area contributed by atoms with Gasteiger partial charge in [0, 0.05) is 28.0 Å². The molecule has 0 aliphatic carbocycles. The predicted octanol–water partition coefficient (Wildman–Crippen LogP) is 1.13. The lowest BCUT2D eigenvalue weighted by atomic mass is 9.97. The van der Waals surface area contributed by atoms with Crippen LogP contribution in [0.4, 0.5) is 0 Å². The van der Waals surface area contributed by atoms with E-state index >= 15 is 0 Å². The van der Waals surface area contributed by atoms with Crippen LogP contribution in [0, 0.1) is 0 Å². The van der Waals surface area contributed by atoms with E-state index in [1.807, 2.05) is 23.6 Å². The SMILES string of the molecule is OCC1O[C@H](Sc2cncc(Br)c2)C(O)C(N2C=C(c3cccs3)NN2)[C@H]1O. The number of rotatable bonds is 5. The fraction of sp³-hybridized carbons (Fsp3) is 0.353. The molecule has 0 radical (unpaired) electrons. The number of hydrogen-bond donors (Lipinski definition) is 5. The Morgan fingerprint density at radius 3 is 2.89 bits per heavy atom. The third-order valence-electron chi connectivity index (χ3n) is 4.48. The van der Waals surface area contributed by atoms with Gasteiger partial charge in [0.05, 0.1) is 17.2 Å². The van der Waals surface area contributed by atoms with Crippen LogP contribution in [0.3, 0.4) is 0 Å². The lowest BCUT2D eigenvalue weighted by Crippen LogP contribution is -2.65. The molecular weight excluding hydrogens is 468 g/mol. The van der Waals surface area contributed by atoms with Crippen LogP contribution in [0.5, 0.6) is 0 Å². The van der Waals surface area contributed by atoms with Crippen molar-refractivity contribution in [1.82, 2.24) is 21.0 Å². The van der Waals surface area contributed by atoms with E-state index in [2.05, 4.69) is 31.9 Å². The van der Waals surface area contributed by atoms with E-state index in [4.69, 9.17) is 4.74 Å². The van der Waals surface area contributed by atoms with Gasteiger partial charge in [-0.3, -0.25) is 9.99 Å². The van der Waals surface area contributed by atoms with Crippen LogP contribution >= 0.6 is 39.0 Å². The summed E-state index contributed by atoms with van der Waals surface area (Å²) in [4.78, 5) is 5.94. The fourth-order valence-electron chi connectivity index (χ4n) is 3.13. The summed E-state index contributed by atoms with van der Waals surface area (Å²) < 4.78 is 6.58. The van der Waals surface area contributed by atoms with E-state index in [1.54, 1.807) is 34.9 Å². The molecule has 4 heterocycles. The third kappa shape index (κ3) is 4.07. The van der Waals surface area contributed by atoms with Gasteiger partial charge in [0.25, 0.3) is 0 Å². The Morgan fingerprint density at radius 1 is 1.32 bits per heavy atom. The summed E-state index contributed by atoms with van der Waals surface area (Å²) in [7, 11) is 0. The molecule has 4 rings (SSSR count). The van der Waals surface area contributed by atoms with Crippen LogP contribution in [0.25, 0.3) is 5.70 Å². The molecule has 2 aromatic heterocycles. The Kier molecular flexibility index (Phi) is 6.23. The van der Waals surface area contributed by atoms with Gasteiger partial charge in [0.1, 0.15) is 29.8 Å². The molecule has 5 atom stereocenters. The van der Waals surface area contributed by atoms with Gasteiger partial charge in [-0.05, 0) is 33.4 Å². The van der Waals surface area contributed by atoms with E-state index in [1.165, 1.54) is 11.8 Å².